The maximum Gasteiger partial charge on any atom is 0.531 e. The number of hydroxylamine groups is 2. The molecular weight excluding hydrogens is 370 g/mol. The molecule has 1 spiro atoms. The monoisotopic (exact) mass is 401 g/mol. The minimum absolute atomic E-state index is 0.0707. The van der Waals surface area contributed by atoms with Crippen LogP contribution < -0.4 is 0 Å². The number of urea groups is 1. The molecule has 0 atom stereocenters. The summed E-state index contributed by atoms with van der Waals surface area (Å²) in [6.07, 6.45) is 5.57. The van der Waals surface area contributed by atoms with Crippen LogP contribution in [0.3, 0.4) is 0 Å². The molecule has 4 rings (SSSR count). The van der Waals surface area contributed by atoms with Crippen molar-refractivity contribution in [3.63, 3.8) is 0 Å². The number of carboxylic acid groups (broad SMARTS) is 1. The van der Waals surface area contributed by atoms with Gasteiger partial charge in [-0.2, -0.15) is 0 Å². The van der Waals surface area contributed by atoms with E-state index in [2.05, 4.69) is 43.3 Å². The summed E-state index contributed by atoms with van der Waals surface area (Å²) in [6, 6.07) is 10.3. The lowest BCUT2D eigenvalue weighted by Crippen LogP contribution is -2.56. The number of hydrogen-bond donors (Lipinski definition) is 1. The third-order valence-corrected chi connectivity index (χ3v) is 7.48. The first-order chi connectivity index (χ1) is 13.9. The van der Waals surface area contributed by atoms with E-state index in [1.807, 2.05) is 11.0 Å². The Labute approximate surface area is 172 Å². The van der Waals surface area contributed by atoms with Gasteiger partial charge < -0.3 is 14.8 Å². The molecule has 7 nitrogen and oxygen atoms in total. The highest BCUT2D eigenvalue weighted by Crippen LogP contribution is 2.49. The fourth-order valence-corrected chi connectivity index (χ4v) is 5.43. The minimum atomic E-state index is -1.43. The molecule has 3 aliphatic rings. The summed E-state index contributed by atoms with van der Waals surface area (Å²) in [5.74, 6) is 0.523. The smallest absolute Gasteiger partial charge is 0.448 e. The van der Waals surface area contributed by atoms with Crippen molar-refractivity contribution in [1.29, 1.82) is 0 Å². The van der Waals surface area contributed by atoms with Gasteiger partial charge in [-0.15, -0.1) is 5.06 Å². The minimum Gasteiger partial charge on any atom is -0.448 e. The number of benzene rings is 1. The van der Waals surface area contributed by atoms with Gasteiger partial charge in [0.25, 0.3) is 0 Å². The highest BCUT2D eigenvalue weighted by Gasteiger charge is 2.56. The fraction of sp³-hybridized carbons (Fsp3) is 0.636. The highest BCUT2D eigenvalue weighted by molar-refractivity contribution is 5.78. The van der Waals surface area contributed by atoms with Crippen LogP contribution in [0.1, 0.15) is 50.5 Å². The fourth-order valence-electron chi connectivity index (χ4n) is 5.43. The second kappa shape index (κ2) is 7.52. The second-order valence-corrected chi connectivity index (χ2v) is 9.10. The van der Waals surface area contributed by atoms with Gasteiger partial charge in [0.15, 0.2) is 0 Å². The van der Waals surface area contributed by atoms with E-state index in [1.165, 1.54) is 12.0 Å². The van der Waals surface area contributed by atoms with Crippen molar-refractivity contribution in [3.8, 4) is 0 Å². The van der Waals surface area contributed by atoms with Crippen molar-refractivity contribution in [2.45, 2.75) is 56.0 Å². The van der Waals surface area contributed by atoms with E-state index in [0.717, 1.165) is 43.6 Å². The van der Waals surface area contributed by atoms with Crippen molar-refractivity contribution in [2.75, 3.05) is 27.2 Å². The summed E-state index contributed by atoms with van der Waals surface area (Å²) in [5.41, 5.74) is 0.878. The van der Waals surface area contributed by atoms with Crippen LogP contribution in [0, 0.1) is 5.92 Å². The lowest BCUT2D eigenvalue weighted by atomic mass is 9.68. The molecule has 1 aliphatic heterocycles. The summed E-state index contributed by atoms with van der Waals surface area (Å²) >= 11 is 0. The molecule has 0 unspecified atom stereocenters. The number of nitrogens with zero attached hydrogens (tertiary/aromatic N) is 3. The van der Waals surface area contributed by atoms with Crippen LogP contribution in [0.15, 0.2) is 30.3 Å². The maximum absolute atomic E-state index is 13.0. The van der Waals surface area contributed by atoms with Crippen molar-refractivity contribution in [2.24, 2.45) is 5.92 Å². The third-order valence-electron chi connectivity index (χ3n) is 7.48. The van der Waals surface area contributed by atoms with Crippen LogP contribution in [-0.4, -0.2) is 64.9 Å². The summed E-state index contributed by atoms with van der Waals surface area (Å²) in [5, 5.41) is 10.1. The van der Waals surface area contributed by atoms with E-state index in [0.29, 0.717) is 19.0 Å². The highest BCUT2D eigenvalue weighted by atomic mass is 16.8. The van der Waals surface area contributed by atoms with Gasteiger partial charge in [0, 0.05) is 12.1 Å². The maximum atomic E-state index is 13.0. The van der Waals surface area contributed by atoms with Crippen molar-refractivity contribution < 1.29 is 19.5 Å². The molecule has 1 saturated heterocycles. The van der Waals surface area contributed by atoms with Crippen LogP contribution in [0.5, 0.6) is 0 Å². The average Bonchev–Trinajstić information content (AvgIpc) is 2.90. The molecule has 1 heterocycles. The predicted molar refractivity (Wildman–Crippen MR) is 108 cm³/mol. The normalized spacial score (nSPS) is 30.1. The molecule has 0 aromatic heterocycles. The second-order valence-electron chi connectivity index (χ2n) is 9.10. The van der Waals surface area contributed by atoms with Crippen LogP contribution in [-0.2, 0) is 10.4 Å². The Bertz CT molecular complexity index is 755. The molecule has 2 saturated carbocycles. The first kappa shape index (κ1) is 20.0. The lowest BCUT2D eigenvalue weighted by Gasteiger charge is -2.51. The van der Waals surface area contributed by atoms with Gasteiger partial charge >= 0.3 is 12.2 Å². The molecule has 1 aromatic rings. The first-order valence-corrected chi connectivity index (χ1v) is 10.6. The van der Waals surface area contributed by atoms with E-state index < -0.39 is 6.16 Å². The van der Waals surface area contributed by atoms with Crippen molar-refractivity contribution >= 4 is 12.2 Å². The zero-order valence-corrected chi connectivity index (χ0v) is 17.3. The zero-order chi connectivity index (χ0) is 20.6. The van der Waals surface area contributed by atoms with E-state index >= 15 is 0 Å². The molecule has 3 fully saturated rings. The van der Waals surface area contributed by atoms with Gasteiger partial charge in [-0.25, -0.2) is 9.59 Å². The summed E-state index contributed by atoms with van der Waals surface area (Å²) in [7, 11) is 4.24. The quantitative estimate of drug-likeness (QED) is 0.810. The predicted octanol–water partition coefficient (Wildman–Crippen LogP) is 3.90. The Morgan fingerprint density at radius 3 is 2.34 bits per heavy atom. The largest absolute Gasteiger partial charge is 0.531 e. The number of carbonyl (C=O) groups is 2. The zero-order valence-electron chi connectivity index (χ0n) is 17.3. The molecule has 2 amide bonds. The Kier molecular flexibility index (Phi) is 5.19. The summed E-state index contributed by atoms with van der Waals surface area (Å²) in [6.45, 7) is 1.03. The Morgan fingerprint density at radius 1 is 1.17 bits per heavy atom. The van der Waals surface area contributed by atoms with E-state index in [4.69, 9.17) is 9.94 Å². The summed E-state index contributed by atoms with van der Waals surface area (Å²) < 4.78 is 0. The van der Waals surface area contributed by atoms with Gasteiger partial charge in [0.1, 0.15) is 0 Å². The molecule has 7 heteroatoms. The van der Waals surface area contributed by atoms with Gasteiger partial charge in [-0.1, -0.05) is 36.8 Å². The molecule has 1 aromatic carbocycles. The van der Waals surface area contributed by atoms with Crippen LogP contribution >= 0.6 is 0 Å². The average molecular weight is 402 g/mol. The third kappa shape index (κ3) is 3.45. The lowest BCUT2D eigenvalue weighted by molar-refractivity contribution is -0.0771. The standard InChI is InChI=1S/C22H31N3O4/c1-23(2)22(18-9-4-3-5-10-18)13-11-21(12-14-22)16-25(29-20(27)28)19(26)24(21)15-17-7-6-8-17/h3-5,9-10,17H,6-8,11-16H2,1-2H3,(H,27,28)/t21-,22+. The summed E-state index contributed by atoms with van der Waals surface area (Å²) in [4.78, 5) is 33.2. The molecule has 29 heavy (non-hydrogen) atoms. The number of carbonyl (C=O) groups excluding carboxylic acids is 1. The molecule has 2 aliphatic carbocycles. The van der Waals surface area contributed by atoms with Gasteiger partial charge in [-0.3, -0.25) is 4.90 Å². The van der Waals surface area contributed by atoms with Crippen LogP contribution in [0.2, 0.25) is 0 Å². The Balaban J connectivity index is 1.59. The molecule has 0 bridgehead atoms. The Morgan fingerprint density at radius 2 is 1.83 bits per heavy atom. The number of hydrogen-bond acceptors (Lipinski definition) is 4. The van der Waals surface area contributed by atoms with Crippen molar-refractivity contribution in [1.82, 2.24) is 14.9 Å². The van der Waals surface area contributed by atoms with Crippen LogP contribution in [0.4, 0.5) is 9.59 Å². The number of rotatable bonds is 5. The number of amides is 2. The first-order valence-electron chi connectivity index (χ1n) is 10.6. The Hall–Kier alpha value is -2.28. The van der Waals surface area contributed by atoms with Crippen LogP contribution in [0.25, 0.3) is 0 Å². The van der Waals surface area contributed by atoms with Gasteiger partial charge in [-0.05, 0) is 64.1 Å². The van der Waals surface area contributed by atoms with Gasteiger partial charge in [0.05, 0.1) is 12.1 Å². The topological polar surface area (TPSA) is 73.3 Å². The SMILES string of the molecule is CN(C)[C@]1(c2ccccc2)CC[C@]2(CC1)CN(OC(=O)O)C(=O)N2CC1CCC1. The molecular formula is C22H31N3O4. The van der Waals surface area contributed by atoms with E-state index in [-0.39, 0.29) is 17.1 Å². The van der Waals surface area contributed by atoms with E-state index in [1.54, 1.807) is 0 Å². The molecule has 0 radical (unpaired) electrons. The molecule has 158 valence electrons. The van der Waals surface area contributed by atoms with Gasteiger partial charge in [0.2, 0.25) is 0 Å². The van der Waals surface area contributed by atoms with E-state index in [9.17, 15) is 9.59 Å². The van der Waals surface area contributed by atoms with Crippen molar-refractivity contribution in [3.05, 3.63) is 35.9 Å². The molecule has 1 N–H and O–H groups in total.